The van der Waals surface area contributed by atoms with Gasteiger partial charge in [-0.05, 0) is 69.0 Å². The first-order valence-electron chi connectivity index (χ1n) is 10.2. The minimum atomic E-state index is -0.500. The van der Waals surface area contributed by atoms with Gasteiger partial charge >= 0.3 is 6.09 Å². The molecule has 30 heavy (non-hydrogen) atoms. The Morgan fingerprint density at radius 3 is 2.93 bits per heavy atom. The zero-order valence-electron chi connectivity index (χ0n) is 17.5. The number of pyridine rings is 1. The largest absolute Gasteiger partial charge is 0.444 e. The molecule has 4 rings (SSSR count). The highest BCUT2D eigenvalue weighted by Gasteiger charge is 2.28. The summed E-state index contributed by atoms with van der Waals surface area (Å²) < 4.78 is 6.16. The highest BCUT2D eigenvalue weighted by Crippen LogP contribution is 2.29. The summed E-state index contributed by atoms with van der Waals surface area (Å²) in [7, 11) is 0. The molecule has 1 unspecified atom stereocenters. The number of ether oxygens (including phenoxy) is 1. The molecule has 1 N–H and O–H groups in total. The lowest BCUT2D eigenvalue weighted by Crippen LogP contribution is -2.43. The molecule has 0 bridgehead atoms. The van der Waals surface area contributed by atoms with Gasteiger partial charge in [0, 0.05) is 19.3 Å². The fraction of sp³-hybridized carbons (Fsp3) is 0.455. The van der Waals surface area contributed by atoms with Crippen molar-refractivity contribution in [1.82, 2.24) is 19.9 Å². The van der Waals surface area contributed by atoms with Gasteiger partial charge in [-0.25, -0.2) is 9.78 Å². The summed E-state index contributed by atoms with van der Waals surface area (Å²) in [5.41, 5.74) is 1.78. The van der Waals surface area contributed by atoms with Crippen molar-refractivity contribution in [2.24, 2.45) is 5.92 Å². The average molecular weight is 427 g/mol. The van der Waals surface area contributed by atoms with E-state index in [2.05, 4.69) is 9.97 Å². The van der Waals surface area contributed by atoms with Gasteiger partial charge in [-0.1, -0.05) is 6.07 Å². The minimum Gasteiger partial charge on any atom is -0.444 e. The van der Waals surface area contributed by atoms with Crippen molar-refractivity contribution in [3.8, 4) is 11.5 Å². The molecule has 0 spiro atoms. The zero-order valence-corrected chi connectivity index (χ0v) is 18.3. The number of likely N-dealkylation sites (tertiary alicyclic amines) is 1. The first-order valence-corrected chi connectivity index (χ1v) is 11.1. The standard InChI is InChI=1S/C22H26N4O3S/c1-22(2,3)29-21(28)26-10-6-7-14(12-26)11-15-13-30-18-17(15)24-19(25-20(18)27)16-8-4-5-9-23-16/h4-5,8-9,13-14H,6-7,10-12H2,1-3H3,(H,24,25,27). The maximum Gasteiger partial charge on any atom is 0.410 e. The molecular formula is C22H26N4O3S. The molecular weight excluding hydrogens is 400 g/mol. The van der Waals surface area contributed by atoms with Crippen molar-refractivity contribution in [3.63, 3.8) is 0 Å². The number of nitrogens with zero attached hydrogens (tertiary/aromatic N) is 3. The number of amides is 1. The fourth-order valence-electron chi connectivity index (χ4n) is 3.78. The van der Waals surface area contributed by atoms with Crippen LogP contribution in [-0.4, -0.2) is 44.6 Å². The molecule has 1 amide bonds. The third-order valence-corrected chi connectivity index (χ3v) is 6.10. The van der Waals surface area contributed by atoms with Crippen LogP contribution >= 0.6 is 11.3 Å². The smallest absolute Gasteiger partial charge is 0.410 e. The SMILES string of the molecule is CC(C)(C)OC(=O)N1CCCC(Cc2csc3c(=O)[nH]c(-c4ccccn4)nc23)C1. The van der Waals surface area contributed by atoms with E-state index in [9.17, 15) is 9.59 Å². The van der Waals surface area contributed by atoms with Gasteiger partial charge in [-0.3, -0.25) is 9.78 Å². The second-order valence-corrected chi connectivity index (χ2v) is 9.59. The topological polar surface area (TPSA) is 88.2 Å². The summed E-state index contributed by atoms with van der Waals surface area (Å²) in [5.74, 6) is 0.787. The Hall–Kier alpha value is -2.74. The number of aromatic amines is 1. The number of H-pyrrole nitrogens is 1. The molecule has 0 aliphatic carbocycles. The van der Waals surface area contributed by atoms with E-state index in [-0.39, 0.29) is 11.7 Å². The quantitative estimate of drug-likeness (QED) is 0.677. The van der Waals surface area contributed by atoms with E-state index >= 15 is 0 Å². The number of nitrogens with one attached hydrogen (secondary N) is 1. The number of rotatable bonds is 3. The summed E-state index contributed by atoms with van der Waals surface area (Å²) >= 11 is 1.42. The predicted molar refractivity (Wildman–Crippen MR) is 118 cm³/mol. The second kappa shape index (κ2) is 8.18. The van der Waals surface area contributed by atoms with Gasteiger partial charge in [-0.15, -0.1) is 11.3 Å². The maximum atomic E-state index is 12.6. The lowest BCUT2D eigenvalue weighted by atomic mass is 9.92. The van der Waals surface area contributed by atoms with Crippen LogP contribution in [0.25, 0.3) is 21.7 Å². The number of aromatic nitrogens is 3. The number of hydrogen-bond acceptors (Lipinski definition) is 6. The maximum absolute atomic E-state index is 12.6. The average Bonchev–Trinajstić information content (AvgIpc) is 3.11. The normalized spacial score (nSPS) is 17.3. The van der Waals surface area contributed by atoms with Crippen LogP contribution < -0.4 is 5.56 Å². The summed E-state index contributed by atoms with van der Waals surface area (Å²) in [6, 6.07) is 5.53. The molecule has 1 fully saturated rings. The van der Waals surface area contributed by atoms with Crippen molar-refractivity contribution in [2.45, 2.75) is 45.6 Å². The Morgan fingerprint density at radius 2 is 2.20 bits per heavy atom. The number of thiophene rings is 1. The second-order valence-electron chi connectivity index (χ2n) is 8.71. The van der Waals surface area contributed by atoms with Crippen LogP contribution in [0.5, 0.6) is 0 Å². The van der Waals surface area contributed by atoms with E-state index in [4.69, 9.17) is 9.72 Å². The summed E-state index contributed by atoms with van der Waals surface area (Å²) in [4.78, 5) is 38.7. The molecule has 3 aromatic rings. The highest BCUT2D eigenvalue weighted by molar-refractivity contribution is 7.17. The molecule has 4 heterocycles. The van der Waals surface area contributed by atoms with Gasteiger partial charge in [0.15, 0.2) is 5.82 Å². The summed E-state index contributed by atoms with van der Waals surface area (Å²) in [6.07, 6.45) is 4.18. The summed E-state index contributed by atoms with van der Waals surface area (Å²) in [6.45, 7) is 7.02. The molecule has 158 valence electrons. The zero-order chi connectivity index (χ0) is 21.3. The molecule has 1 aliphatic rings. The van der Waals surface area contributed by atoms with Crippen molar-refractivity contribution >= 4 is 27.6 Å². The summed E-state index contributed by atoms with van der Waals surface area (Å²) in [5, 5.41) is 2.02. The molecule has 0 aromatic carbocycles. The number of piperidine rings is 1. The van der Waals surface area contributed by atoms with Gasteiger partial charge in [-0.2, -0.15) is 0 Å². The molecule has 1 saturated heterocycles. The van der Waals surface area contributed by atoms with Crippen LogP contribution in [0.3, 0.4) is 0 Å². The molecule has 1 atom stereocenters. The Balaban J connectivity index is 1.56. The Morgan fingerprint density at radius 1 is 1.37 bits per heavy atom. The molecule has 1 aliphatic heterocycles. The monoisotopic (exact) mass is 426 g/mol. The predicted octanol–water partition coefficient (Wildman–Crippen LogP) is 4.24. The van der Waals surface area contributed by atoms with E-state index in [0.717, 1.165) is 36.9 Å². The lowest BCUT2D eigenvalue weighted by Gasteiger charge is -2.34. The first kappa shape index (κ1) is 20.5. The molecule has 3 aromatic heterocycles. The van der Waals surface area contributed by atoms with E-state index in [0.29, 0.717) is 28.7 Å². The van der Waals surface area contributed by atoms with E-state index in [1.807, 2.05) is 44.4 Å². The number of carbonyl (C=O) groups is 1. The molecule has 0 saturated carbocycles. The molecule has 7 nitrogen and oxygen atoms in total. The van der Waals surface area contributed by atoms with Gasteiger partial charge < -0.3 is 14.6 Å². The number of carbonyl (C=O) groups excluding carboxylic acids is 1. The van der Waals surface area contributed by atoms with Gasteiger partial charge in [0.2, 0.25) is 0 Å². The van der Waals surface area contributed by atoms with Crippen LogP contribution in [0.1, 0.15) is 39.2 Å². The van der Waals surface area contributed by atoms with Crippen LogP contribution in [0.2, 0.25) is 0 Å². The van der Waals surface area contributed by atoms with Crippen molar-refractivity contribution in [1.29, 1.82) is 0 Å². The van der Waals surface area contributed by atoms with Crippen LogP contribution in [0.4, 0.5) is 4.79 Å². The van der Waals surface area contributed by atoms with Crippen LogP contribution in [-0.2, 0) is 11.2 Å². The van der Waals surface area contributed by atoms with Gasteiger partial charge in [0.05, 0.1) is 5.52 Å². The van der Waals surface area contributed by atoms with E-state index < -0.39 is 5.60 Å². The Labute approximate surface area is 179 Å². The third-order valence-electron chi connectivity index (χ3n) is 5.09. The van der Waals surface area contributed by atoms with Crippen LogP contribution in [0, 0.1) is 5.92 Å². The van der Waals surface area contributed by atoms with Crippen molar-refractivity contribution in [3.05, 3.63) is 45.7 Å². The van der Waals surface area contributed by atoms with Crippen molar-refractivity contribution in [2.75, 3.05) is 13.1 Å². The van der Waals surface area contributed by atoms with E-state index in [1.165, 1.54) is 11.3 Å². The van der Waals surface area contributed by atoms with Gasteiger partial charge in [0.1, 0.15) is 16.0 Å². The lowest BCUT2D eigenvalue weighted by molar-refractivity contribution is 0.0166. The molecule has 0 radical (unpaired) electrons. The first-order chi connectivity index (χ1) is 14.3. The molecule has 8 heteroatoms. The van der Waals surface area contributed by atoms with Gasteiger partial charge in [0.25, 0.3) is 5.56 Å². The van der Waals surface area contributed by atoms with E-state index in [1.54, 1.807) is 11.1 Å². The minimum absolute atomic E-state index is 0.143. The Kier molecular flexibility index (Phi) is 5.60. The van der Waals surface area contributed by atoms with Crippen molar-refractivity contribution < 1.29 is 9.53 Å². The number of hydrogen-bond donors (Lipinski definition) is 1. The number of fused-ring (bicyclic) bond motifs is 1. The fourth-order valence-corrected chi connectivity index (χ4v) is 4.69. The highest BCUT2D eigenvalue weighted by atomic mass is 32.1. The third kappa shape index (κ3) is 4.53. The Bertz CT molecular complexity index is 1100. The van der Waals surface area contributed by atoms with Crippen LogP contribution in [0.15, 0.2) is 34.6 Å².